The van der Waals surface area contributed by atoms with Crippen LogP contribution in [0.4, 0.5) is 5.69 Å². The number of sulfone groups is 1. The number of nitrogens with zero attached hydrogens (tertiary/aromatic N) is 1. The fraction of sp³-hybridized carbons (Fsp3) is 0.0714. The van der Waals surface area contributed by atoms with Crippen molar-refractivity contribution in [3.63, 3.8) is 0 Å². The molecule has 1 aromatic heterocycles. The number of rotatable bonds is 4. The zero-order chi connectivity index (χ0) is 15.6. The first kappa shape index (κ1) is 16.2. The average molecular weight is 432 g/mol. The van der Waals surface area contributed by atoms with E-state index in [4.69, 9.17) is 5.73 Å². The van der Waals surface area contributed by atoms with Crippen LogP contribution in [-0.4, -0.2) is 13.4 Å². The van der Waals surface area contributed by atoms with Gasteiger partial charge in [-0.2, -0.15) is 0 Å². The molecule has 110 valence electrons. The summed E-state index contributed by atoms with van der Waals surface area (Å²) in [5.74, 6) is 0. The SMILES string of the molecule is C=CC(c1cc(Br)nc(Br)c1)S(=O)(=O)c1ccc(N)cc1. The van der Waals surface area contributed by atoms with Crippen LogP contribution in [0.2, 0.25) is 0 Å². The third-order valence-electron chi connectivity index (χ3n) is 2.87. The third-order valence-corrected chi connectivity index (χ3v) is 5.75. The summed E-state index contributed by atoms with van der Waals surface area (Å²) in [5, 5.41) is -0.864. The molecule has 1 heterocycles. The number of hydrogen-bond acceptors (Lipinski definition) is 4. The van der Waals surface area contributed by atoms with E-state index in [1.807, 2.05) is 0 Å². The molecule has 0 aliphatic carbocycles. The molecule has 21 heavy (non-hydrogen) atoms. The minimum Gasteiger partial charge on any atom is -0.399 e. The molecule has 2 rings (SSSR count). The predicted octanol–water partition coefficient (Wildman–Crippen LogP) is 3.89. The molecule has 1 aromatic carbocycles. The monoisotopic (exact) mass is 430 g/mol. The van der Waals surface area contributed by atoms with Crippen LogP contribution in [0.1, 0.15) is 10.8 Å². The van der Waals surface area contributed by atoms with Crippen LogP contribution >= 0.6 is 31.9 Å². The number of benzene rings is 1. The first-order chi connectivity index (χ1) is 9.84. The van der Waals surface area contributed by atoms with Crippen molar-refractivity contribution in [2.75, 3.05) is 5.73 Å². The Morgan fingerprint density at radius 2 is 1.67 bits per heavy atom. The van der Waals surface area contributed by atoms with Crippen LogP contribution in [0, 0.1) is 0 Å². The van der Waals surface area contributed by atoms with Gasteiger partial charge in [0.1, 0.15) is 14.5 Å². The van der Waals surface area contributed by atoms with Gasteiger partial charge in [0.2, 0.25) is 0 Å². The molecule has 0 spiro atoms. The molecule has 0 saturated heterocycles. The predicted molar refractivity (Wildman–Crippen MR) is 90.6 cm³/mol. The second kappa shape index (κ2) is 6.29. The highest BCUT2D eigenvalue weighted by Crippen LogP contribution is 2.32. The number of nitrogen functional groups attached to an aromatic ring is 1. The zero-order valence-corrected chi connectivity index (χ0v) is 14.8. The molecule has 1 atom stereocenters. The van der Waals surface area contributed by atoms with Crippen molar-refractivity contribution < 1.29 is 8.42 Å². The average Bonchev–Trinajstić information content (AvgIpc) is 2.38. The van der Waals surface area contributed by atoms with Gasteiger partial charge in [-0.05, 0) is 73.8 Å². The number of pyridine rings is 1. The number of nitrogens with two attached hydrogens (primary N) is 1. The molecule has 0 amide bonds. The Kier molecular flexibility index (Phi) is 4.85. The van der Waals surface area contributed by atoms with E-state index in [2.05, 4.69) is 43.4 Å². The van der Waals surface area contributed by atoms with Crippen LogP contribution in [0.25, 0.3) is 0 Å². The van der Waals surface area contributed by atoms with Crippen molar-refractivity contribution in [2.24, 2.45) is 0 Å². The Labute approximate surface area is 140 Å². The Morgan fingerprint density at radius 3 is 2.14 bits per heavy atom. The van der Waals surface area contributed by atoms with E-state index in [0.717, 1.165) is 0 Å². The molecule has 0 aliphatic rings. The van der Waals surface area contributed by atoms with Gasteiger partial charge in [0.25, 0.3) is 0 Å². The topological polar surface area (TPSA) is 73.0 Å². The maximum Gasteiger partial charge on any atom is 0.188 e. The quantitative estimate of drug-likeness (QED) is 0.452. The van der Waals surface area contributed by atoms with Gasteiger partial charge in [-0.3, -0.25) is 0 Å². The van der Waals surface area contributed by atoms with E-state index in [-0.39, 0.29) is 4.90 Å². The van der Waals surface area contributed by atoms with Crippen molar-refractivity contribution in [1.82, 2.24) is 4.98 Å². The van der Waals surface area contributed by atoms with E-state index in [1.54, 1.807) is 24.3 Å². The fourth-order valence-electron chi connectivity index (χ4n) is 1.89. The lowest BCUT2D eigenvalue weighted by atomic mass is 10.2. The molecular weight excluding hydrogens is 420 g/mol. The number of halogens is 2. The smallest absolute Gasteiger partial charge is 0.188 e. The van der Waals surface area contributed by atoms with Crippen molar-refractivity contribution in [1.29, 1.82) is 0 Å². The summed E-state index contributed by atoms with van der Waals surface area (Å²) in [7, 11) is -3.60. The molecule has 0 bridgehead atoms. The Balaban J connectivity index is 2.54. The summed E-state index contributed by atoms with van der Waals surface area (Å²) >= 11 is 6.51. The molecule has 0 aliphatic heterocycles. The minimum atomic E-state index is -3.60. The molecule has 4 nitrogen and oxygen atoms in total. The number of hydrogen-bond donors (Lipinski definition) is 1. The first-order valence-corrected chi connectivity index (χ1v) is 9.03. The molecular formula is C14H12Br2N2O2S. The van der Waals surface area contributed by atoms with Gasteiger partial charge in [0.15, 0.2) is 9.84 Å². The highest BCUT2D eigenvalue weighted by molar-refractivity contribution is 9.11. The highest BCUT2D eigenvalue weighted by Gasteiger charge is 2.27. The molecule has 0 fully saturated rings. The Hall–Kier alpha value is -1.18. The summed E-state index contributed by atoms with van der Waals surface area (Å²) in [6.07, 6.45) is 1.40. The van der Waals surface area contributed by atoms with E-state index >= 15 is 0 Å². The van der Waals surface area contributed by atoms with Crippen molar-refractivity contribution in [3.8, 4) is 0 Å². The van der Waals surface area contributed by atoms with Crippen molar-refractivity contribution in [2.45, 2.75) is 10.1 Å². The van der Waals surface area contributed by atoms with E-state index < -0.39 is 15.1 Å². The first-order valence-electron chi connectivity index (χ1n) is 5.89. The fourth-order valence-corrected chi connectivity index (χ4v) is 4.60. The number of anilines is 1. The summed E-state index contributed by atoms with van der Waals surface area (Å²) < 4.78 is 26.6. The zero-order valence-electron chi connectivity index (χ0n) is 10.8. The minimum absolute atomic E-state index is 0.200. The Bertz CT molecular complexity index is 754. The van der Waals surface area contributed by atoms with Crippen molar-refractivity contribution >= 4 is 47.4 Å². The molecule has 0 saturated carbocycles. The van der Waals surface area contributed by atoms with Gasteiger partial charge in [0, 0.05) is 5.69 Å². The third kappa shape index (κ3) is 3.53. The molecule has 1 unspecified atom stereocenters. The van der Waals surface area contributed by atoms with Crippen molar-refractivity contribution in [3.05, 3.63) is 63.8 Å². The van der Waals surface area contributed by atoms with E-state index in [0.29, 0.717) is 20.5 Å². The summed E-state index contributed by atoms with van der Waals surface area (Å²) in [6, 6.07) is 9.42. The second-order valence-electron chi connectivity index (χ2n) is 4.32. The van der Waals surface area contributed by atoms with Gasteiger partial charge < -0.3 is 5.73 Å². The summed E-state index contributed by atoms with van der Waals surface area (Å²) in [5.41, 5.74) is 6.69. The maximum atomic E-state index is 12.7. The van der Waals surface area contributed by atoms with Crippen LogP contribution in [0.15, 0.2) is 63.2 Å². The van der Waals surface area contributed by atoms with Gasteiger partial charge in [-0.15, -0.1) is 6.58 Å². The van der Waals surface area contributed by atoms with Gasteiger partial charge in [0.05, 0.1) is 4.90 Å². The van der Waals surface area contributed by atoms with Gasteiger partial charge in [-0.25, -0.2) is 13.4 Å². The largest absolute Gasteiger partial charge is 0.399 e. The van der Waals surface area contributed by atoms with Gasteiger partial charge >= 0.3 is 0 Å². The molecule has 2 N–H and O–H groups in total. The summed E-state index contributed by atoms with van der Waals surface area (Å²) in [6.45, 7) is 3.65. The molecule has 7 heteroatoms. The van der Waals surface area contributed by atoms with Gasteiger partial charge in [-0.1, -0.05) is 6.08 Å². The molecule has 2 aromatic rings. The maximum absolute atomic E-state index is 12.7. The van der Waals surface area contributed by atoms with Crippen LogP contribution < -0.4 is 5.73 Å². The van der Waals surface area contributed by atoms with Crippen LogP contribution in [-0.2, 0) is 9.84 Å². The second-order valence-corrected chi connectivity index (χ2v) is 8.01. The normalized spacial score (nSPS) is 12.9. The summed E-state index contributed by atoms with van der Waals surface area (Å²) in [4.78, 5) is 4.30. The van der Waals surface area contributed by atoms with E-state index in [1.165, 1.54) is 18.2 Å². The van der Waals surface area contributed by atoms with Crippen LogP contribution in [0.3, 0.4) is 0 Å². The Morgan fingerprint density at radius 1 is 1.14 bits per heavy atom. The lowest BCUT2D eigenvalue weighted by Crippen LogP contribution is -2.12. The number of aromatic nitrogens is 1. The lowest BCUT2D eigenvalue weighted by Gasteiger charge is -2.15. The standard InChI is InChI=1S/C14H12Br2N2O2S/c1-2-12(9-7-13(15)18-14(16)8-9)21(19,20)11-5-3-10(17)4-6-11/h2-8,12H,1,17H2. The molecule has 0 radical (unpaired) electrons. The van der Waals surface area contributed by atoms with E-state index in [9.17, 15) is 8.42 Å². The van der Waals surface area contributed by atoms with Crippen LogP contribution in [0.5, 0.6) is 0 Å². The highest BCUT2D eigenvalue weighted by atomic mass is 79.9. The lowest BCUT2D eigenvalue weighted by molar-refractivity contribution is 0.590.